The highest BCUT2D eigenvalue weighted by atomic mass is 32.2. The standard InChI is InChI=1S/C16H21NS/c1-16(2)9-3-4-15(10-16)18-12-14-7-5-13(11-17)6-8-14/h5-8,15H,3-4,9-10,12H2,1-2H3/t15-/m1/s1. The maximum absolute atomic E-state index is 8.76. The predicted molar refractivity (Wildman–Crippen MR) is 78.5 cm³/mol. The van der Waals surface area contributed by atoms with Gasteiger partial charge in [0.05, 0.1) is 11.6 Å². The Labute approximate surface area is 115 Å². The number of benzene rings is 1. The molecule has 1 atom stereocenters. The monoisotopic (exact) mass is 259 g/mol. The molecule has 0 aromatic heterocycles. The minimum Gasteiger partial charge on any atom is -0.192 e. The Hall–Kier alpha value is -0.940. The van der Waals surface area contributed by atoms with Gasteiger partial charge in [0.2, 0.25) is 0 Å². The molecule has 0 N–H and O–H groups in total. The van der Waals surface area contributed by atoms with Crippen LogP contribution in [0.15, 0.2) is 24.3 Å². The highest BCUT2D eigenvalue weighted by Gasteiger charge is 2.27. The Morgan fingerprint density at radius 2 is 2.06 bits per heavy atom. The summed E-state index contributed by atoms with van der Waals surface area (Å²) in [6.45, 7) is 4.78. The van der Waals surface area contributed by atoms with Crippen molar-refractivity contribution in [1.82, 2.24) is 0 Å². The summed E-state index contributed by atoms with van der Waals surface area (Å²) in [7, 11) is 0. The molecular formula is C16H21NS. The number of hydrogen-bond acceptors (Lipinski definition) is 2. The first kappa shape index (κ1) is 13.5. The first-order valence-electron chi connectivity index (χ1n) is 6.70. The second-order valence-electron chi connectivity index (χ2n) is 6.00. The fourth-order valence-corrected chi connectivity index (χ4v) is 4.18. The molecule has 1 aromatic rings. The predicted octanol–water partition coefficient (Wildman–Crippen LogP) is 4.76. The van der Waals surface area contributed by atoms with Crippen LogP contribution in [0.4, 0.5) is 0 Å². The topological polar surface area (TPSA) is 23.8 Å². The van der Waals surface area contributed by atoms with E-state index >= 15 is 0 Å². The van der Waals surface area contributed by atoms with E-state index in [0.29, 0.717) is 5.41 Å². The van der Waals surface area contributed by atoms with Crippen LogP contribution in [0.1, 0.15) is 50.7 Å². The van der Waals surface area contributed by atoms with Gasteiger partial charge in [-0.25, -0.2) is 0 Å². The van der Waals surface area contributed by atoms with Gasteiger partial charge in [-0.15, -0.1) is 0 Å². The first-order valence-corrected chi connectivity index (χ1v) is 7.75. The van der Waals surface area contributed by atoms with Gasteiger partial charge in [-0.3, -0.25) is 0 Å². The fraction of sp³-hybridized carbons (Fsp3) is 0.562. The summed E-state index contributed by atoms with van der Waals surface area (Å²) >= 11 is 2.08. The van der Waals surface area contributed by atoms with Crippen molar-refractivity contribution in [2.24, 2.45) is 5.41 Å². The molecule has 0 saturated heterocycles. The smallest absolute Gasteiger partial charge is 0.0991 e. The maximum atomic E-state index is 8.76. The maximum Gasteiger partial charge on any atom is 0.0991 e. The van der Waals surface area contributed by atoms with E-state index in [9.17, 15) is 0 Å². The van der Waals surface area contributed by atoms with E-state index in [4.69, 9.17) is 5.26 Å². The van der Waals surface area contributed by atoms with Gasteiger partial charge < -0.3 is 0 Å². The van der Waals surface area contributed by atoms with Crippen LogP contribution in [-0.2, 0) is 5.75 Å². The van der Waals surface area contributed by atoms with Gasteiger partial charge in [0.15, 0.2) is 0 Å². The average molecular weight is 259 g/mol. The Morgan fingerprint density at radius 1 is 1.33 bits per heavy atom. The molecule has 1 aromatic carbocycles. The molecule has 1 fully saturated rings. The lowest BCUT2D eigenvalue weighted by molar-refractivity contribution is 0.251. The summed E-state index contributed by atoms with van der Waals surface area (Å²) in [5.74, 6) is 1.08. The van der Waals surface area contributed by atoms with Crippen molar-refractivity contribution < 1.29 is 0 Å². The zero-order valence-corrected chi connectivity index (χ0v) is 12.1. The fourth-order valence-electron chi connectivity index (χ4n) is 2.66. The van der Waals surface area contributed by atoms with E-state index in [2.05, 4.69) is 43.8 Å². The Bertz CT molecular complexity index is 427. The van der Waals surface area contributed by atoms with Crippen LogP contribution in [0.2, 0.25) is 0 Å². The van der Waals surface area contributed by atoms with Crippen molar-refractivity contribution in [3.05, 3.63) is 35.4 Å². The number of thioether (sulfide) groups is 1. The van der Waals surface area contributed by atoms with Crippen LogP contribution in [0.5, 0.6) is 0 Å². The highest BCUT2D eigenvalue weighted by Crippen LogP contribution is 2.40. The minimum absolute atomic E-state index is 0.528. The minimum atomic E-state index is 0.528. The number of nitrogens with zero attached hydrogens (tertiary/aromatic N) is 1. The van der Waals surface area contributed by atoms with E-state index < -0.39 is 0 Å². The normalized spacial score (nSPS) is 22.4. The lowest BCUT2D eigenvalue weighted by atomic mass is 9.77. The Kier molecular flexibility index (Phi) is 4.35. The van der Waals surface area contributed by atoms with Gasteiger partial charge in [-0.05, 0) is 42.4 Å². The molecule has 18 heavy (non-hydrogen) atoms. The van der Waals surface area contributed by atoms with Gasteiger partial charge in [0.1, 0.15) is 0 Å². The molecule has 0 heterocycles. The van der Waals surface area contributed by atoms with Crippen LogP contribution in [-0.4, -0.2) is 5.25 Å². The van der Waals surface area contributed by atoms with Crippen molar-refractivity contribution in [1.29, 1.82) is 5.26 Å². The molecule has 1 aliphatic carbocycles. The highest BCUT2D eigenvalue weighted by molar-refractivity contribution is 7.99. The zero-order valence-electron chi connectivity index (χ0n) is 11.3. The zero-order chi connectivity index (χ0) is 13.0. The molecule has 0 bridgehead atoms. The molecule has 0 radical (unpaired) electrons. The number of rotatable bonds is 3. The van der Waals surface area contributed by atoms with Crippen molar-refractivity contribution in [3.63, 3.8) is 0 Å². The van der Waals surface area contributed by atoms with Gasteiger partial charge in [-0.1, -0.05) is 32.4 Å². The van der Waals surface area contributed by atoms with Crippen LogP contribution in [0.25, 0.3) is 0 Å². The molecule has 96 valence electrons. The summed E-state index contributed by atoms with van der Waals surface area (Å²) in [6, 6.07) is 10.2. The summed E-state index contributed by atoms with van der Waals surface area (Å²) in [4.78, 5) is 0. The van der Waals surface area contributed by atoms with Gasteiger partial charge >= 0.3 is 0 Å². The molecule has 2 rings (SSSR count). The largest absolute Gasteiger partial charge is 0.192 e. The molecule has 1 aliphatic rings. The molecule has 0 amide bonds. The Balaban J connectivity index is 1.85. The summed E-state index contributed by atoms with van der Waals surface area (Å²) in [6.07, 6.45) is 5.46. The van der Waals surface area contributed by atoms with Crippen LogP contribution >= 0.6 is 11.8 Å². The summed E-state index contributed by atoms with van der Waals surface area (Å²) in [5, 5.41) is 9.57. The van der Waals surface area contributed by atoms with Gasteiger partial charge in [0.25, 0.3) is 0 Å². The van der Waals surface area contributed by atoms with E-state index in [1.54, 1.807) is 0 Å². The van der Waals surface area contributed by atoms with Crippen molar-refractivity contribution in [3.8, 4) is 6.07 Å². The van der Waals surface area contributed by atoms with Crippen LogP contribution < -0.4 is 0 Å². The first-order chi connectivity index (χ1) is 8.59. The van der Waals surface area contributed by atoms with Gasteiger partial charge in [-0.2, -0.15) is 17.0 Å². The van der Waals surface area contributed by atoms with E-state index in [0.717, 1.165) is 16.6 Å². The third-order valence-electron chi connectivity index (χ3n) is 3.73. The SMILES string of the molecule is CC1(C)CCC[C@@H](SCc2ccc(C#N)cc2)C1. The van der Waals surface area contributed by atoms with E-state index in [1.165, 1.54) is 31.2 Å². The third kappa shape index (κ3) is 3.78. The summed E-state index contributed by atoms with van der Waals surface area (Å²) in [5.41, 5.74) is 2.62. The van der Waals surface area contributed by atoms with Crippen molar-refractivity contribution in [2.75, 3.05) is 0 Å². The molecule has 0 spiro atoms. The molecule has 1 nitrogen and oxygen atoms in total. The molecular weight excluding hydrogens is 238 g/mol. The number of hydrogen-bond donors (Lipinski definition) is 0. The summed E-state index contributed by atoms with van der Waals surface area (Å²) < 4.78 is 0. The molecule has 1 saturated carbocycles. The second kappa shape index (κ2) is 5.80. The van der Waals surface area contributed by atoms with Crippen LogP contribution in [0.3, 0.4) is 0 Å². The quantitative estimate of drug-likeness (QED) is 0.781. The van der Waals surface area contributed by atoms with E-state index in [1.807, 2.05) is 12.1 Å². The van der Waals surface area contributed by atoms with Crippen molar-refractivity contribution in [2.45, 2.75) is 50.5 Å². The lowest BCUT2D eigenvalue weighted by Crippen LogP contribution is -2.24. The molecule has 0 aliphatic heterocycles. The second-order valence-corrected chi connectivity index (χ2v) is 7.29. The van der Waals surface area contributed by atoms with Gasteiger partial charge in [0, 0.05) is 11.0 Å². The number of nitriles is 1. The average Bonchev–Trinajstić information content (AvgIpc) is 2.36. The van der Waals surface area contributed by atoms with E-state index in [-0.39, 0.29) is 0 Å². The molecule has 2 heteroatoms. The third-order valence-corrected chi connectivity index (χ3v) is 5.10. The molecule has 0 unspecified atom stereocenters. The van der Waals surface area contributed by atoms with Crippen molar-refractivity contribution >= 4 is 11.8 Å². The van der Waals surface area contributed by atoms with Crippen LogP contribution in [0, 0.1) is 16.7 Å². The Morgan fingerprint density at radius 3 is 2.67 bits per heavy atom. The lowest BCUT2D eigenvalue weighted by Gasteiger charge is -2.34.